The summed E-state index contributed by atoms with van der Waals surface area (Å²) in [5, 5.41) is 9.23. The number of likely N-dealkylation sites (N-methyl/N-ethyl adjacent to an activating group) is 1. The van der Waals surface area contributed by atoms with Gasteiger partial charge in [0, 0.05) is 18.6 Å². The minimum Gasteiger partial charge on any atom is -0.493 e. The number of nitrogens with zero attached hydrogens (tertiary/aromatic N) is 3. The Morgan fingerprint density at radius 2 is 1.71 bits per heavy atom. The van der Waals surface area contributed by atoms with Gasteiger partial charge in [0.15, 0.2) is 11.5 Å². The number of benzene rings is 1. The van der Waals surface area contributed by atoms with Crippen LogP contribution in [0, 0.1) is 29.1 Å². The molecule has 5 rings (SSSR count). The monoisotopic (exact) mass is 425 g/mol. The number of hydrogen-bond donors (Lipinski definition) is 0. The first-order valence-electron chi connectivity index (χ1n) is 11.5. The van der Waals surface area contributed by atoms with Crippen LogP contribution in [0.15, 0.2) is 18.2 Å². The first-order valence-corrected chi connectivity index (χ1v) is 11.5. The number of carbonyl (C=O) groups is 1. The minimum absolute atomic E-state index is 0.00709. The van der Waals surface area contributed by atoms with E-state index in [9.17, 15) is 10.1 Å². The van der Waals surface area contributed by atoms with Gasteiger partial charge in [0.1, 0.15) is 0 Å². The van der Waals surface area contributed by atoms with Crippen LogP contribution in [0.1, 0.15) is 50.5 Å². The Bertz CT molecular complexity index is 812. The van der Waals surface area contributed by atoms with E-state index in [0.717, 1.165) is 42.6 Å². The molecule has 1 amide bonds. The third-order valence-corrected chi connectivity index (χ3v) is 7.63. The van der Waals surface area contributed by atoms with Crippen molar-refractivity contribution in [3.05, 3.63) is 23.8 Å². The van der Waals surface area contributed by atoms with Crippen molar-refractivity contribution in [2.45, 2.75) is 57.0 Å². The fourth-order valence-corrected chi connectivity index (χ4v) is 6.85. The van der Waals surface area contributed by atoms with E-state index >= 15 is 0 Å². The van der Waals surface area contributed by atoms with E-state index < -0.39 is 0 Å². The van der Waals surface area contributed by atoms with Crippen LogP contribution < -0.4 is 9.47 Å². The van der Waals surface area contributed by atoms with Crippen molar-refractivity contribution in [3.8, 4) is 17.6 Å². The summed E-state index contributed by atoms with van der Waals surface area (Å²) in [6, 6.07) is 8.14. The number of rotatable bonds is 9. The van der Waals surface area contributed by atoms with E-state index in [1.54, 1.807) is 14.2 Å². The topological polar surface area (TPSA) is 65.8 Å². The van der Waals surface area contributed by atoms with Gasteiger partial charge in [-0.25, -0.2) is 0 Å². The Morgan fingerprint density at radius 1 is 1.10 bits per heavy atom. The number of ether oxygens (including phenoxy) is 2. The average Bonchev–Trinajstić information content (AvgIpc) is 2.72. The van der Waals surface area contributed by atoms with E-state index in [-0.39, 0.29) is 11.4 Å². The Morgan fingerprint density at radius 3 is 2.26 bits per heavy atom. The molecular formula is C25H35N3O3. The van der Waals surface area contributed by atoms with Crippen molar-refractivity contribution >= 4 is 5.91 Å². The molecule has 0 saturated heterocycles. The van der Waals surface area contributed by atoms with Crippen LogP contribution in [-0.2, 0) is 11.3 Å². The third-order valence-electron chi connectivity index (χ3n) is 7.63. The van der Waals surface area contributed by atoms with E-state index in [2.05, 4.69) is 15.9 Å². The maximum atomic E-state index is 13.5. The minimum atomic E-state index is -0.00709. The van der Waals surface area contributed by atoms with Crippen molar-refractivity contribution < 1.29 is 14.3 Å². The van der Waals surface area contributed by atoms with Gasteiger partial charge in [0.2, 0.25) is 5.91 Å². The molecule has 4 saturated carbocycles. The lowest BCUT2D eigenvalue weighted by molar-refractivity contribution is -0.151. The molecule has 0 aromatic heterocycles. The number of amides is 1. The molecule has 0 heterocycles. The van der Waals surface area contributed by atoms with Crippen LogP contribution in [0.25, 0.3) is 0 Å². The fraction of sp³-hybridized carbons (Fsp3) is 0.680. The normalized spacial score (nSPS) is 28.4. The highest BCUT2D eigenvalue weighted by Gasteiger charge is 2.54. The van der Waals surface area contributed by atoms with Gasteiger partial charge in [-0.05, 0) is 81.0 Å². The molecule has 168 valence electrons. The molecule has 4 aliphatic rings. The Labute approximate surface area is 186 Å². The number of methoxy groups -OCH3 is 2. The van der Waals surface area contributed by atoms with E-state index in [1.807, 2.05) is 25.2 Å². The zero-order valence-corrected chi connectivity index (χ0v) is 19.1. The third kappa shape index (κ3) is 4.52. The van der Waals surface area contributed by atoms with Gasteiger partial charge in [-0.1, -0.05) is 6.07 Å². The van der Waals surface area contributed by atoms with Crippen LogP contribution >= 0.6 is 0 Å². The van der Waals surface area contributed by atoms with Gasteiger partial charge in [-0.3, -0.25) is 9.69 Å². The van der Waals surface area contributed by atoms with Gasteiger partial charge >= 0.3 is 0 Å². The summed E-state index contributed by atoms with van der Waals surface area (Å²) in [5.74, 6) is 3.88. The van der Waals surface area contributed by atoms with Crippen LogP contribution in [0.5, 0.6) is 11.5 Å². The second-order valence-electron chi connectivity index (χ2n) is 9.96. The fourth-order valence-electron chi connectivity index (χ4n) is 6.85. The summed E-state index contributed by atoms with van der Waals surface area (Å²) < 4.78 is 10.7. The lowest BCUT2D eigenvalue weighted by atomic mass is 9.52. The zero-order valence-electron chi connectivity index (χ0n) is 19.1. The Kier molecular flexibility index (Phi) is 6.43. The van der Waals surface area contributed by atoms with E-state index in [4.69, 9.17) is 9.47 Å². The van der Waals surface area contributed by atoms with Crippen LogP contribution in [0.4, 0.5) is 0 Å². The summed E-state index contributed by atoms with van der Waals surface area (Å²) in [5.41, 5.74) is 1.07. The SMILES string of the molecule is COc1ccc(CN(C)CC(=O)N(CCC#N)C23CC4CC(CC(C4)C2)C3)cc1OC. The molecular weight excluding hydrogens is 390 g/mol. The molecule has 0 aliphatic heterocycles. The predicted octanol–water partition coefficient (Wildman–Crippen LogP) is 3.85. The summed E-state index contributed by atoms with van der Waals surface area (Å²) in [7, 11) is 5.24. The van der Waals surface area contributed by atoms with Gasteiger partial charge in [-0.2, -0.15) is 5.26 Å². The maximum Gasteiger partial charge on any atom is 0.237 e. The summed E-state index contributed by atoms with van der Waals surface area (Å²) in [6.45, 7) is 1.58. The highest BCUT2D eigenvalue weighted by atomic mass is 16.5. The quantitative estimate of drug-likeness (QED) is 0.601. The van der Waals surface area contributed by atoms with Crippen LogP contribution in [-0.4, -0.2) is 55.6 Å². The predicted molar refractivity (Wildman–Crippen MR) is 119 cm³/mol. The molecule has 4 bridgehead atoms. The molecule has 4 aliphatic carbocycles. The molecule has 0 spiro atoms. The summed E-state index contributed by atoms with van der Waals surface area (Å²) >= 11 is 0. The highest BCUT2D eigenvalue weighted by Crippen LogP contribution is 2.57. The molecule has 0 atom stereocenters. The van der Waals surface area contributed by atoms with Crippen molar-refractivity contribution in [1.82, 2.24) is 9.80 Å². The first-order chi connectivity index (χ1) is 15.0. The summed E-state index contributed by atoms with van der Waals surface area (Å²) in [6.07, 6.45) is 7.85. The Hall–Kier alpha value is -2.26. The average molecular weight is 426 g/mol. The molecule has 0 radical (unpaired) electrons. The maximum absolute atomic E-state index is 13.5. The zero-order chi connectivity index (χ0) is 22.0. The second-order valence-corrected chi connectivity index (χ2v) is 9.96. The van der Waals surface area contributed by atoms with E-state index in [0.29, 0.717) is 37.6 Å². The van der Waals surface area contributed by atoms with Crippen LogP contribution in [0.2, 0.25) is 0 Å². The van der Waals surface area contributed by atoms with Crippen LogP contribution in [0.3, 0.4) is 0 Å². The number of nitriles is 1. The van der Waals surface area contributed by atoms with E-state index in [1.165, 1.54) is 19.3 Å². The van der Waals surface area contributed by atoms with Gasteiger partial charge in [-0.15, -0.1) is 0 Å². The molecule has 31 heavy (non-hydrogen) atoms. The first kappa shape index (κ1) is 22.0. The Balaban J connectivity index is 1.45. The number of carbonyl (C=O) groups excluding carboxylic acids is 1. The van der Waals surface area contributed by atoms with Crippen molar-refractivity contribution in [1.29, 1.82) is 5.26 Å². The molecule has 0 unspecified atom stereocenters. The van der Waals surface area contributed by atoms with Gasteiger partial charge in [0.25, 0.3) is 0 Å². The molecule has 6 heteroatoms. The van der Waals surface area contributed by atoms with Gasteiger partial charge < -0.3 is 14.4 Å². The van der Waals surface area contributed by atoms with Crippen molar-refractivity contribution in [2.75, 3.05) is 34.4 Å². The van der Waals surface area contributed by atoms with Crippen molar-refractivity contribution in [3.63, 3.8) is 0 Å². The highest BCUT2D eigenvalue weighted by molar-refractivity contribution is 5.79. The molecule has 6 nitrogen and oxygen atoms in total. The lowest BCUT2D eigenvalue weighted by Crippen LogP contribution is -2.62. The lowest BCUT2D eigenvalue weighted by Gasteiger charge is -2.60. The molecule has 0 N–H and O–H groups in total. The standard InChI is InChI=1S/C25H35N3O3/c1-27(16-18-5-6-22(30-2)23(12-18)31-3)17-24(29)28(8-4-7-26)25-13-19-9-20(14-25)11-21(10-19)15-25/h5-6,12,19-21H,4,8-11,13-17H2,1-3H3. The second kappa shape index (κ2) is 9.08. The van der Waals surface area contributed by atoms with Gasteiger partial charge in [0.05, 0.1) is 33.3 Å². The molecule has 1 aromatic carbocycles. The largest absolute Gasteiger partial charge is 0.493 e. The number of hydrogen-bond acceptors (Lipinski definition) is 5. The molecule has 4 fully saturated rings. The smallest absolute Gasteiger partial charge is 0.237 e. The summed E-state index contributed by atoms with van der Waals surface area (Å²) in [4.78, 5) is 17.7. The van der Waals surface area contributed by atoms with Crippen molar-refractivity contribution in [2.24, 2.45) is 17.8 Å². The molecule has 1 aromatic rings.